The molecule has 1 atom stereocenters. The van der Waals surface area contributed by atoms with Crippen molar-refractivity contribution in [2.75, 3.05) is 6.54 Å². The number of halogens is 2. The standard InChI is InChI=1S/C20H30F2N2/c1-7-9-12-23-19(20(4,5)6)14(3)24-18(8-2)16-13-15(21)10-11-17(16)22/h8,10-11,13,19,23H,7,9,12H2,1-6H3/b18-8-,24-14?/t19-/m0/s1. The van der Waals surface area contributed by atoms with Gasteiger partial charge in [-0.05, 0) is 50.4 Å². The van der Waals surface area contributed by atoms with Crippen LogP contribution in [0.1, 0.15) is 59.9 Å². The largest absolute Gasteiger partial charge is 0.308 e. The molecule has 24 heavy (non-hydrogen) atoms. The molecule has 0 aliphatic carbocycles. The highest BCUT2D eigenvalue weighted by molar-refractivity contribution is 5.92. The monoisotopic (exact) mass is 336 g/mol. The number of unbranched alkanes of at least 4 members (excludes halogenated alkanes) is 1. The second kappa shape index (κ2) is 9.07. The van der Waals surface area contributed by atoms with Crippen molar-refractivity contribution in [2.24, 2.45) is 10.4 Å². The van der Waals surface area contributed by atoms with Gasteiger partial charge in [0.15, 0.2) is 0 Å². The third-order valence-corrected chi connectivity index (χ3v) is 3.94. The van der Waals surface area contributed by atoms with Crippen LogP contribution in [0.15, 0.2) is 29.3 Å². The molecule has 0 spiro atoms. The molecule has 0 aliphatic heterocycles. The Morgan fingerprint density at radius 3 is 2.50 bits per heavy atom. The van der Waals surface area contributed by atoms with Crippen molar-refractivity contribution in [2.45, 2.75) is 60.4 Å². The third kappa shape index (κ3) is 5.82. The number of hydrogen-bond donors (Lipinski definition) is 1. The van der Waals surface area contributed by atoms with Crippen molar-refractivity contribution in [3.8, 4) is 0 Å². The van der Waals surface area contributed by atoms with E-state index in [1.54, 1.807) is 13.0 Å². The van der Waals surface area contributed by atoms with Crippen molar-refractivity contribution >= 4 is 11.4 Å². The predicted molar refractivity (Wildman–Crippen MR) is 99.3 cm³/mol. The van der Waals surface area contributed by atoms with Gasteiger partial charge in [-0.3, -0.25) is 4.99 Å². The number of rotatable bonds is 7. The van der Waals surface area contributed by atoms with Crippen molar-refractivity contribution in [3.05, 3.63) is 41.5 Å². The second-order valence-corrected chi connectivity index (χ2v) is 7.16. The van der Waals surface area contributed by atoms with E-state index in [9.17, 15) is 8.78 Å². The van der Waals surface area contributed by atoms with Crippen molar-refractivity contribution in [1.82, 2.24) is 5.32 Å². The highest BCUT2D eigenvalue weighted by Gasteiger charge is 2.26. The number of hydrogen-bond acceptors (Lipinski definition) is 2. The van der Waals surface area contributed by atoms with E-state index in [-0.39, 0.29) is 17.0 Å². The summed E-state index contributed by atoms with van der Waals surface area (Å²) in [4.78, 5) is 4.62. The van der Waals surface area contributed by atoms with E-state index in [2.05, 4.69) is 38.0 Å². The zero-order valence-corrected chi connectivity index (χ0v) is 15.7. The molecule has 0 aliphatic rings. The SMILES string of the molecule is C/C=C(\N=C(C)[C@H](NCCCC)C(C)(C)C)c1cc(F)ccc1F. The summed E-state index contributed by atoms with van der Waals surface area (Å²) >= 11 is 0. The van der Waals surface area contributed by atoms with E-state index >= 15 is 0 Å². The quantitative estimate of drug-likeness (QED) is 0.509. The topological polar surface area (TPSA) is 24.4 Å². The first-order valence-corrected chi connectivity index (χ1v) is 8.61. The molecule has 1 rings (SSSR count). The van der Waals surface area contributed by atoms with Crippen LogP contribution in [0.2, 0.25) is 0 Å². The van der Waals surface area contributed by atoms with Gasteiger partial charge in [0.05, 0.1) is 11.7 Å². The van der Waals surface area contributed by atoms with Crippen LogP contribution in [0.25, 0.3) is 5.70 Å². The lowest BCUT2D eigenvalue weighted by Gasteiger charge is -2.32. The first kappa shape index (κ1) is 20.5. The van der Waals surface area contributed by atoms with E-state index in [1.807, 2.05) is 6.92 Å². The lowest BCUT2D eigenvalue weighted by atomic mass is 9.84. The van der Waals surface area contributed by atoms with Crippen LogP contribution in [-0.4, -0.2) is 18.3 Å². The summed E-state index contributed by atoms with van der Waals surface area (Å²) in [5.41, 5.74) is 1.49. The predicted octanol–water partition coefficient (Wildman–Crippen LogP) is 5.59. The van der Waals surface area contributed by atoms with Crippen LogP contribution in [0, 0.1) is 17.0 Å². The van der Waals surface area contributed by atoms with Gasteiger partial charge in [-0.2, -0.15) is 0 Å². The summed E-state index contributed by atoms with van der Waals surface area (Å²) in [7, 11) is 0. The summed E-state index contributed by atoms with van der Waals surface area (Å²) in [6, 6.07) is 3.51. The number of nitrogens with one attached hydrogen (secondary N) is 1. The van der Waals surface area contributed by atoms with Crippen molar-refractivity contribution in [1.29, 1.82) is 0 Å². The molecule has 0 aromatic heterocycles. The molecule has 0 fully saturated rings. The Kier molecular flexibility index (Phi) is 7.74. The highest BCUT2D eigenvalue weighted by Crippen LogP contribution is 2.25. The smallest absolute Gasteiger partial charge is 0.132 e. The minimum Gasteiger partial charge on any atom is -0.308 e. The Labute approximate surface area is 145 Å². The summed E-state index contributed by atoms with van der Waals surface area (Å²) in [6.07, 6.45) is 3.93. The maximum Gasteiger partial charge on any atom is 0.132 e. The summed E-state index contributed by atoms with van der Waals surface area (Å²) in [6.45, 7) is 13.2. The molecule has 0 saturated carbocycles. The molecule has 2 nitrogen and oxygen atoms in total. The Bertz CT molecular complexity index is 598. The molecule has 0 heterocycles. The van der Waals surface area contributed by atoms with Crippen LogP contribution in [0.3, 0.4) is 0 Å². The van der Waals surface area contributed by atoms with Crippen LogP contribution >= 0.6 is 0 Å². The van der Waals surface area contributed by atoms with E-state index in [4.69, 9.17) is 0 Å². The van der Waals surface area contributed by atoms with E-state index in [0.29, 0.717) is 5.70 Å². The number of allylic oxidation sites excluding steroid dienone is 1. The summed E-state index contributed by atoms with van der Waals surface area (Å²) in [5.74, 6) is -0.931. The maximum absolute atomic E-state index is 14.0. The van der Waals surface area contributed by atoms with Gasteiger partial charge < -0.3 is 5.32 Å². The minimum absolute atomic E-state index is 0.0271. The highest BCUT2D eigenvalue weighted by atomic mass is 19.1. The Balaban J connectivity index is 3.14. The normalized spacial score (nSPS) is 14.8. The average Bonchev–Trinajstić information content (AvgIpc) is 2.50. The zero-order chi connectivity index (χ0) is 18.3. The van der Waals surface area contributed by atoms with Gasteiger partial charge in [0.2, 0.25) is 0 Å². The fraction of sp³-hybridized carbons (Fsp3) is 0.550. The number of nitrogens with zero attached hydrogens (tertiary/aromatic N) is 1. The molecule has 0 amide bonds. The number of aliphatic imine (C=N–C) groups is 1. The molecule has 134 valence electrons. The lowest BCUT2D eigenvalue weighted by Crippen LogP contribution is -2.46. The zero-order valence-electron chi connectivity index (χ0n) is 15.7. The second-order valence-electron chi connectivity index (χ2n) is 7.16. The Hall–Kier alpha value is -1.55. The van der Waals surface area contributed by atoms with Crippen LogP contribution in [0.4, 0.5) is 8.78 Å². The van der Waals surface area contributed by atoms with Gasteiger partial charge in [0.25, 0.3) is 0 Å². The van der Waals surface area contributed by atoms with Gasteiger partial charge >= 0.3 is 0 Å². The van der Waals surface area contributed by atoms with Crippen molar-refractivity contribution < 1.29 is 8.78 Å². The third-order valence-electron chi connectivity index (χ3n) is 3.94. The van der Waals surface area contributed by atoms with Gasteiger partial charge in [0.1, 0.15) is 11.6 Å². The van der Waals surface area contributed by atoms with Crippen LogP contribution in [-0.2, 0) is 0 Å². The summed E-state index contributed by atoms with van der Waals surface area (Å²) in [5, 5.41) is 3.54. The Morgan fingerprint density at radius 1 is 1.29 bits per heavy atom. The fourth-order valence-electron chi connectivity index (χ4n) is 2.73. The molecule has 4 heteroatoms. The maximum atomic E-state index is 14.0. The van der Waals surface area contributed by atoms with E-state index < -0.39 is 11.6 Å². The Morgan fingerprint density at radius 2 is 1.96 bits per heavy atom. The molecular formula is C20H30F2N2. The molecule has 1 aromatic carbocycles. The first-order chi connectivity index (χ1) is 11.2. The van der Waals surface area contributed by atoms with E-state index in [0.717, 1.165) is 37.2 Å². The molecule has 1 N–H and O–H groups in total. The molecule has 0 radical (unpaired) electrons. The molecular weight excluding hydrogens is 306 g/mol. The fourth-order valence-corrected chi connectivity index (χ4v) is 2.73. The van der Waals surface area contributed by atoms with Gasteiger partial charge in [-0.1, -0.05) is 40.2 Å². The molecule has 0 bridgehead atoms. The molecule has 0 unspecified atom stereocenters. The summed E-state index contributed by atoms with van der Waals surface area (Å²) < 4.78 is 27.5. The van der Waals surface area contributed by atoms with Gasteiger partial charge in [-0.25, -0.2) is 8.78 Å². The average molecular weight is 336 g/mol. The van der Waals surface area contributed by atoms with Crippen LogP contribution < -0.4 is 5.32 Å². The molecule has 1 aromatic rings. The minimum atomic E-state index is -0.466. The molecule has 0 saturated heterocycles. The van der Waals surface area contributed by atoms with E-state index in [1.165, 1.54) is 6.07 Å². The van der Waals surface area contributed by atoms with Crippen molar-refractivity contribution in [3.63, 3.8) is 0 Å². The first-order valence-electron chi connectivity index (χ1n) is 8.61. The lowest BCUT2D eigenvalue weighted by molar-refractivity contribution is 0.328. The van der Waals surface area contributed by atoms with Gasteiger partial charge in [-0.15, -0.1) is 0 Å². The van der Waals surface area contributed by atoms with Crippen LogP contribution in [0.5, 0.6) is 0 Å². The number of benzene rings is 1. The van der Waals surface area contributed by atoms with Gasteiger partial charge in [0, 0.05) is 11.3 Å².